The molecule has 0 atom stereocenters. The number of piperazine rings is 1. The normalized spacial score (nSPS) is 14.7. The Labute approximate surface area is 719 Å². The van der Waals surface area contributed by atoms with Gasteiger partial charge in [-0.05, 0) is 69.5 Å². The Hall–Kier alpha value is -1.21. The number of nitrogens with zero attached hydrogens (tertiary/aromatic N) is 5. The molecule has 21 heteroatoms. The summed E-state index contributed by atoms with van der Waals surface area (Å²) in [6.45, 7) is 112. The van der Waals surface area contributed by atoms with E-state index in [2.05, 4.69) is 80.4 Å². The zero-order valence-corrected chi connectivity index (χ0v) is 87.8. The number of hydrogen-bond acceptors (Lipinski definition) is 21. The van der Waals surface area contributed by atoms with E-state index in [9.17, 15) is 0 Å². The Morgan fingerprint density at radius 3 is 0.700 bits per heavy atom. The van der Waals surface area contributed by atoms with E-state index in [4.69, 9.17) is 28.4 Å². The van der Waals surface area contributed by atoms with Crippen molar-refractivity contribution < 1.29 is 28.4 Å². The van der Waals surface area contributed by atoms with Crippen LogP contribution in [-0.4, -0.2) is 229 Å². The van der Waals surface area contributed by atoms with Gasteiger partial charge in [0.1, 0.15) is 6.79 Å². The van der Waals surface area contributed by atoms with E-state index in [1.807, 2.05) is 322 Å². The van der Waals surface area contributed by atoms with E-state index >= 15 is 0 Å². The summed E-state index contributed by atoms with van der Waals surface area (Å²) < 4.78 is 29.3. The zero-order valence-electron chi connectivity index (χ0n) is 84.5. The quantitative estimate of drug-likeness (QED) is 0.134. The molecule has 6 N–H and O–H groups in total. The lowest BCUT2D eigenvalue weighted by atomic mass is 10.2. The van der Waals surface area contributed by atoms with Crippen molar-refractivity contribution in [3.8, 4) is 0 Å². The summed E-state index contributed by atoms with van der Waals surface area (Å²) in [5.74, 6) is 6.67. The van der Waals surface area contributed by atoms with Crippen molar-refractivity contribution in [2.75, 3.05) is 198 Å². The summed E-state index contributed by atoms with van der Waals surface area (Å²) >= 11 is 7.95. The van der Waals surface area contributed by atoms with E-state index in [0.29, 0.717) is 13.4 Å². The number of nitrogens with one attached hydrogen (secondary N) is 6. The zero-order chi connectivity index (χ0) is 90.7. The molecule has 694 valence electrons. The fraction of sp³-hybridized carbons (Fsp3) is 0.944. The molecule has 0 unspecified atom stereocenters. The highest BCUT2D eigenvalue weighted by Gasteiger charge is 1.98. The molecule has 0 amide bonds. The lowest BCUT2D eigenvalue weighted by Gasteiger charge is -2.11. The predicted octanol–water partition coefficient (Wildman–Crippen LogP) is 26.8. The third kappa shape index (κ3) is 285. The Morgan fingerprint density at radius 2 is 0.609 bits per heavy atom. The van der Waals surface area contributed by atoms with Crippen LogP contribution in [0.1, 0.15) is 362 Å². The first-order valence-electron chi connectivity index (χ1n) is 46.6. The number of rotatable bonds is 0. The Morgan fingerprint density at radius 1 is 0.245 bits per heavy atom. The fourth-order valence-corrected chi connectivity index (χ4v) is 9.05. The van der Waals surface area contributed by atoms with E-state index < -0.39 is 0 Å². The molecule has 17 nitrogen and oxygen atoms in total. The van der Waals surface area contributed by atoms with Crippen molar-refractivity contribution in [3.05, 3.63) is 0 Å². The van der Waals surface area contributed by atoms with Gasteiger partial charge in [0, 0.05) is 114 Å². The molecule has 0 aromatic heterocycles. The van der Waals surface area contributed by atoms with Gasteiger partial charge in [0.15, 0.2) is 6.40 Å². The summed E-state index contributed by atoms with van der Waals surface area (Å²) in [4.78, 5) is 19.7. The molecule has 0 spiro atoms. The van der Waals surface area contributed by atoms with Crippen LogP contribution in [0.2, 0.25) is 0 Å². The standard InChI is InChI=1S/C5H11N.C4H10N2.2C4H8N2.2C4H7NO.C4H9NS.C4H7NS.2C4H8O2.C4H8S2.22C2H6/c1-2-4-6-5-3-1;1-2-6-4-3-5-1;2*1-2-5-4-6-3-1;1-3-6-4-2-5-1;1-2-5-4-6-3-1;1-3-6-4-2-5-1;1-2-5-4-6-3-1;1-2-6-4-3-5-1;2*1-2-5-4-6-3-1;22*1-2/h6H,1-5H2;5-6H,1-4H2;2*4H,1-3H2,(H,5,6);1H,2-4H2;4H,1-3H2;5H,1-4H2;4H,1-3H2;3*1-4H2;22*1-2H3. The Bertz CT molecular complexity index is 784. The van der Waals surface area contributed by atoms with E-state index in [-0.39, 0.29) is 0 Å². The molecule has 11 aliphatic rings. The van der Waals surface area contributed by atoms with Gasteiger partial charge in [-0.15, -0.1) is 11.8 Å². The molecule has 0 saturated carbocycles. The molecular weight excluding hydrogens is 1450 g/mol. The van der Waals surface area contributed by atoms with Crippen molar-refractivity contribution in [1.29, 1.82) is 0 Å². The second-order valence-corrected chi connectivity index (χ2v) is 19.5. The fourth-order valence-electron chi connectivity index (χ4n) is 5.36. The van der Waals surface area contributed by atoms with Gasteiger partial charge in [-0.3, -0.25) is 25.0 Å². The van der Waals surface area contributed by atoms with Gasteiger partial charge in [0.25, 0.3) is 0 Å². The second kappa shape index (κ2) is 293. The van der Waals surface area contributed by atoms with Gasteiger partial charge in [-0.25, -0.2) is 0 Å². The number of piperidine rings is 1. The molecule has 110 heavy (non-hydrogen) atoms. The monoisotopic (exact) mass is 1670 g/mol. The van der Waals surface area contributed by atoms with Crippen molar-refractivity contribution in [2.45, 2.75) is 362 Å². The molecule has 11 heterocycles. The van der Waals surface area contributed by atoms with Crippen molar-refractivity contribution >= 4 is 77.9 Å². The number of thioether (sulfide) groups is 4. The Kier molecular flexibility index (Phi) is 447. The van der Waals surface area contributed by atoms with Crippen molar-refractivity contribution in [2.24, 2.45) is 25.0 Å². The minimum absolute atomic E-state index is 0.500. The number of hydrogen-bond donors (Lipinski definition) is 6. The molecule has 0 aromatic carbocycles. The van der Waals surface area contributed by atoms with Gasteiger partial charge in [-0.2, -0.15) is 35.3 Å². The SMILES string of the molecule is C1=NCCCN1.C1=NCCCN1.C1=NCCCO1.C1=NCCCS1.C1=NCCOC1.C1CCNCC1.C1CNCCN1.C1COCCO1.C1COCOC1.C1CSCCN1.C1CSCSC1.CC.CC.CC.CC.CC.CC.CC.CC.CC.CC.CC.CC.CC.CC.CC.CC.CC.CC.CC.CC.CC.CC. The van der Waals surface area contributed by atoms with Crippen LogP contribution >= 0.6 is 47.0 Å². The Balaban J connectivity index is -0.0000000369. The summed E-state index contributed by atoms with van der Waals surface area (Å²) in [6, 6.07) is 0. The molecule has 6 saturated heterocycles. The molecule has 0 aromatic rings. The predicted molar refractivity (Wildman–Crippen MR) is 540 cm³/mol. The van der Waals surface area contributed by atoms with Gasteiger partial charge >= 0.3 is 0 Å². The summed E-state index contributed by atoms with van der Waals surface area (Å²) in [5, 5.41) is 20.3. The average molecular weight is 1670 g/mol. The minimum Gasteiger partial charge on any atom is -0.483 e. The maximum Gasteiger partial charge on any atom is 0.169 e. The second-order valence-electron chi connectivity index (χ2n) is 14.8. The molecule has 0 bridgehead atoms. The highest BCUT2D eigenvalue weighted by molar-refractivity contribution is 8.16. The van der Waals surface area contributed by atoms with Crippen LogP contribution in [0.4, 0.5) is 0 Å². The van der Waals surface area contributed by atoms with Gasteiger partial charge < -0.3 is 60.3 Å². The molecule has 6 fully saturated rings. The van der Waals surface area contributed by atoms with E-state index in [1.54, 1.807) is 30.7 Å². The van der Waals surface area contributed by atoms with Gasteiger partial charge in [0.05, 0.1) is 84.2 Å². The number of aliphatic imine (C=N–C) groups is 5. The van der Waals surface area contributed by atoms with Crippen LogP contribution in [0.5, 0.6) is 0 Å². The van der Waals surface area contributed by atoms with Crippen molar-refractivity contribution in [1.82, 2.24) is 31.9 Å². The topological polar surface area (TPSA) is 189 Å². The first-order chi connectivity index (χ1) is 55.0. The molecule has 11 rings (SSSR count). The van der Waals surface area contributed by atoms with E-state index in [1.165, 1.54) is 111 Å². The lowest BCUT2D eigenvalue weighted by molar-refractivity contribution is -0.0963. The van der Waals surface area contributed by atoms with Crippen LogP contribution in [0.15, 0.2) is 25.0 Å². The molecule has 11 aliphatic heterocycles. The minimum atomic E-state index is 0.500. The van der Waals surface area contributed by atoms with Crippen LogP contribution in [0.3, 0.4) is 0 Å². The van der Waals surface area contributed by atoms with Crippen LogP contribution in [-0.2, 0) is 28.4 Å². The summed E-state index contributed by atoms with van der Waals surface area (Å²) in [7, 11) is 0. The van der Waals surface area contributed by atoms with Crippen LogP contribution in [0, 0.1) is 0 Å². The smallest absolute Gasteiger partial charge is 0.169 e. The summed E-state index contributed by atoms with van der Waals surface area (Å²) in [6.07, 6.45) is 18.3. The van der Waals surface area contributed by atoms with Crippen molar-refractivity contribution in [3.63, 3.8) is 0 Å². The third-order valence-electron chi connectivity index (χ3n) is 8.91. The van der Waals surface area contributed by atoms with Crippen LogP contribution < -0.4 is 31.9 Å². The highest BCUT2D eigenvalue weighted by Crippen LogP contribution is 2.19. The lowest BCUT2D eigenvalue weighted by Crippen LogP contribution is -2.39. The first-order valence-corrected chi connectivity index (χ1v) is 51.1. The highest BCUT2D eigenvalue weighted by atomic mass is 32.2. The van der Waals surface area contributed by atoms with Gasteiger partial charge in [-0.1, -0.05) is 311 Å². The molecule has 0 radical (unpaired) electrons. The maximum absolute atomic E-state index is 4.94. The van der Waals surface area contributed by atoms with E-state index in [0.717, 1.165) is 138 Å². The number of ether oxygens (including phenoxy) is 6. The summed E-state index contributed by atoms with van der Waals surface area (Å²) in [5.41, 5.74) is 1.93. The third-order valence-corrected chi connectivity index (χ3v) is 13.2. The average Bonchev–Trinajstić information content (AvgIpc) is 4.03. The molecule has 0 aliphatic carbocycles. The van der Waals surface area contributed by atoms with Gasteiger partial charge in [0.2, 0.25) is 0 Å². The maximum atomic E-state index is 4.94. The molecular formula is C89H223N11O6S4. The largest absolute Gasteiger partial charge is 0.483 e. The van der Waals surface area contributed by atoms with Crippen LogP contribution in [0.25, 0.3) is 0 Å². The first kappa shape index (κ1) is 168.